The summed E-state index contributed by atoms with van der Waals surface area (Å²) in [4.78, 5) is 13.3. The van der Waals surface area contributed by atoms with E-state index in [0.29, 0.717) is 12.5 Å². The summed E-state index contributed by atoms with van der Waals surface area (Å²) in [6.45, 7) is 1.94. The summed E-state index contributed by atoms with van der Waals surface area (Å²) in [5.41, 5.74) is -2.15. The van der Waals surface area contributed by atoms with Crippen LogP contribution in [0, 0.1) is 0 Å². The molecule has 2 aromatic rings. The first-order valence-corrected chi connectivity index (χ1v) is 7.87. The molecule has 0 aliphatic carbocycles. The molecule has 1 aromatic heterocycles. The van der Waals surface area contributed by atoms with E-state index in [1.807, 2.05) is 0 Å². The number of halogens is 3. The van der Waals surface area contributed by atoms with Gasteiger partial charge in [-0.3, -0.25) is 4.79 Å². The molecular weight excluding hydrogens is 321 g/mol. The van der Waals surface area contributed by atoms with Crippen molar-refractivity contribution < 1.29 is 21.6 Å². The molecule has 0 radical (unpaired) electrons. The largest absolute Gasteiger partial charge is 0.417 e. The molecule has 0 bridgehead atoms. The van der Waals surface area contributed by atoms with Crippen molar-refractivity contribution in [3.05, 3.63) is 40.2 Å². The van der Waals surface area contributed by atoms with Crippen LogP contribution in [-0.2, 0) is 16.2 Å². The Labute approximate surface area is 124 Å². The number of pyridine rings is 1. The number of aromatic amines is 1. The average Bonchev–Trinajstić information content (AvgIpc) is 2.42. The summed E-state index contributed by atoms with van der Waals surface area (Å²) >= 11 is 0. The fourth-order valence-corrected chi connectivity index (χ4v) is 3.11. The molecule has 0 saturated heterocycles. The summed E-state index contributed by atoms with van der Waals surface area (Å²) in [5, 5.41) is -0.369. The molecule has 9 heteroatoms. The number of nitrogens with one attached hydrogen (secondary N) is 2. The Balaban J connectivity index is 2.69. The SMILES string of the molecule is CCCNS(=O)(=O)c1ccc2[nH]c(=O)cc(C(F)(F)F)c2c1. The van der Waals surface area contributed by atoms with Gasteiger partial charge in [-0.15, -0.1) is 0 Å². The number of benzene rings is 1. The normalized spacial score (nSPS) is 12.7. The van der Waals surface area contributed by atoms with Crippen molar-refractivity contribution in [3.8, 4) is 0 Å². The first-order valence-electron chi connectivity index (χ1n) is 6.39. The number of rotatable bonds is 4. The van der Waals surface area contributed by atoms with Crippen LogP contribution in [0.25, 0.3) is 10.9 Å². The van der Waals surface area contributed by atoms with E-state index in [9.17, 15) is 26.4 Å². The van der Waals surface area contributed by atoms with Crippen molar-refractivity contribution in [2.75, 3.05) is 6.54 Å². The Bertz CT molecular complexity index is 857. The van der Waals surface area contributed by atoms with E-state index in [4.69, 9.17) is 0 Å². The number of sulfonamides is 1. The summed E-state index contributed by atoms with van der Waals surface area (Å²) in [6.07, 6.45) is -4.21. The Hall–Kier alpha value is -1.87. The van der Waals surface area contributed by atoms with Gasteiger partial charge >= 0.3 is 6.18 Å². The summed E-state index contributed by atoms with van der Waals surface area (Å²) < 4.78 is 65.3. The first kappa shape index (κ1) is 16.5. The van der Waals surface area contributed by atoms with Crippen LogP contribution < -0.4 is 10.3 Å². The maximum Gasteiger partial charge on any atom is 0.417 e. The van der Waals surface area contributed by atoms with Crippen molar-refractivity contribution in [3.63, 3.8) is 0 Å². The smallest absolute Gasteiger partial charge is 0.322 e. The fraction of sp³-hybridized carbons (Fsp3) is 0.308. The zero-order chi connectivity index (χ0) is 16.5. The topological polar surface area (TPSA) is 79.0 Å². The van der Waals surface area contributed by atoms with E-state index in [0.717, 1.165) is 18.2 Å². The van der Waals surface area contributed by atoms with Crippen molar-refractivity contribution in [1.29, 1.82) is 0 Å². The second-order valence-electron chi connectivity index (χ2n) is 4.65. The van der Waals surface area contributed by atoms with Crippen LogP contribution in [0.4, 0.5) is 13.2 Å². The second-order valence-corrected chi connectivity index (χ2v) is 6.42. The van der Waals surface area contributed by atoms with Gasteiger partial charge in [-0.05, 0) is 24.6 Å². The quantitative estimate of drug-likeness (QED) is 0.900. The van der Waals surface area contributed by atoms with Crippen molar-refractivity contribution in [2.45, 2.75) is 24.4 Å². The molecule has 0 unspecified atom stereocenters. The van der Waals surface area contributed by atoms with Gasteiger partial charge < -0.3 is 4.98 Å². The molecule has 0 fully saturated rings. The van der Waals surface area contributed by atoms with Gasteiger partial charge in [-0.2, -0.15) is 13.2 Å². The van der Waals surface area contributed by atoms with E-state index in [-0.39, 0.29) is 22.3 Å². The highest BCUT2D eigenvalue weighted by atomic mass is 32.2. The van der Waals surface area contributed by atoms with Crippen LogP contribution in [0.5, 0.6) is 0 Å². The first-order chi connectivity index (χ1) is 10.1. The maximum absolute atomic E-state index is 13.0. The Morgan fingerprint density at radius 2 is 1.91 bits per heavy atom. The number of hydrogen-bond acceptors (Lipinski definition) is 3. The Morgan fingerprint density at radius 1 is 1.23 bits per heavy atom. The average molecular weight is 334 g/mol. The lowest BCUT2D eigenvalue weighted by Gasteiger charge is -2.11. The second kappa shape index (κ2) is 5.73. The van der Waals surface area contributed by atoms with E-state index >= 15 is 0 Å². The zero-order valence-electron chi connectivity index (χ0n) is 11.5. The lowest BCUT2D eigenvalue weighted by Crippen LogP contribution is -2.24. The van der Waals surface area contributed by atoms with E-state index in [1.165, 1.54) is 0 Å². The monoisotopic (exact) mass is 334 g/mol. The molecule has 0 aliphatic heterocycles. The molecule has 1 heterocycles. The highest BCUT2D eigenvalue weighted by Gasteiger charge is 2.33. The number of hydrogen-bond donors (Lipinski definition) is 2. The molecular formula is C13H13F3N2O3S. The Morgan fingerprint density at radius 3 is 2.50 bits per heavy atom. The van der Waals surface area contributed by atoms with Gasteiger partial charge in [-0.1, -0.05) is 6.92 Å². The van der Waals surface area contributed by atoms with Gasteiger partial charge in [0.05, 0.1) is 10.5 Å². The predicted molar refractivity (Wildman–Crippen MR) is 75.1 cm³/mol. The molecule has 1 aromatic carbocycles. The predicted octanol–water partition coefficient (Wildman–Crippen LogP) is 2.24. The standard InChI is InChI=1S/C13H13F3N2O3S/c1-2-5-17-22(20,21)8-3-4-11-9(6-8)10(13(14,15)16)7-12(19)18-11/h3-4,6-7,17H,2,5H2,1H3,(H,18,19). The van der Waals surface area contributed by atoms with Gasteiger partial charge in [0.1, 0.15) is 0 Å². The van der Waals surface area contributed by atoms with Crippen molar-refractivity contribution in [1.82, 2.24) is 9.71 Å². The minimum absolute atomic E-state index is 0.0748. The van der Waals surface area contributed by atoms with Crippen molar-refractivity contribution >= 4 is 20.9 Å². The number of fused-ring (bicyclic) bond motifs is 1. The maximum atomic E-state index is 13.0. The lowest BCUT2D eigenvalue weighted by molar-refractivity contribution is -0.136. The molecule has 0 atom stereocenters. The molecule has 0 spiro atoms. The van der Waals surface area contributed by atoms with Gasteiger partial charge in [0.25, 0.3) is 0 Å². The van der Waals surface area contributed by atoms with E-state index < -0.39 is 27.3 Å². The zero-order valence-corrected chi connectivity index (χ0v) is 12.3. The van der Waals surface area contributed by atoms with Crippen LogP contribution in [0.3, 0.4) is 0 Å². The van der Waals surface area contributed by atoms with Gasteiger partial charge in [0, 0.05) is 23.5 Å². The molecule has 5 nitrogen and oxygen atoms in total. The van der Waals surface area contributed by atoms with Gasteiger partial charge in [-0.25, -0.2) is 13.1 Å². The van der Waals surface area contributed by atoms with Crippen LogP contribution in [0.2, 0.25) is 0 Å². The van der Waals surface area contributed by atoms with Crippen LogP contribution in [-0.4, -0.2) is 19.9 Å². The number of aromatic nitrogens is 1. The van der Waals surface area contributed by atoms with E-state index in [1.54, 1.807) is 6.92 Å². The number of H-pyrrole nitrogens is 1. The molecule has 120 valence electrons. The molecule has 2 rings (SSSR count). The molecule has 0 amide bonds. The highest BCUT2D eigenvalue weighted by Crippen LogP contribution is 2.34. The lowest BCUT2D eigenvalue weighted by atomic mass is 10.1. The highest BCUT2D eigenvalue weighted by molar-refractivity contribution is 7.89. The van der Waals surface area contributed by atoms with Crippen LogP contribution in [0.15, 0.2) is 34.0 Å². The third kappa shape index (κ3) is 3.30. The fourth-order valence-electron chi connectivity index (χ4n) is 1.95. The third-order valence-corrected chi connectivity index (χ3v) is 4.43. The van der Waals surface area contributed by atoms with Gasteiger partial charge in [0.15, 0.2) is 0 Å². The van der Waals surface area contributed by atoms with Crippen LogP contribution >= 0.6 is 0 Å². The molecule has 0 saturated carbocycles. The summed E-state index contributed by atoms with van der Waals surface area (Å²) in [6, 6.07) is 3.62. The number of alkyl halides is 3. The minimum atomic E-state index is -4.76. The molecule has 22 heavy (non-hydrogen) atoms. The third-order valence-electron chi connectivity index (χ3n) is 2.97. The molecule has 0 aliphatic rings. The van der Waals surface area contributed by atoms with Gasteiger partial charge in [0.2, 0.25) is 15.6 Å². The van der Waals surface area contributed by atoms with Crippen molar-refractivity contribution in [2.24, 2.45) is 0 Å². The summed E-state index contributed by atoms with van der Waals surface area (Å²) in [5.74, 6) is 0. The van der Waals surface area contributed by atoms with Crippen LogP contribution in [0.1, 0.15) is 18.9 Å². The Kier molecular flexibility index (Phi) is 4.30. The van der Waals surface area contributed by atoms with E-state index in [2.05, 4.69) is 9.71 Å². The molecule has 2 N–H and O–H groups in total. The summed E-state index contributed by atoms with van der Waals surface area (Å²) in [7, 11) is -3.90. The minimum Gasteiger partial charge on any atom is -0.322 e.